The number of hydrogen-bond acceptors (Lipinski definition) is 2. The Labute approximate surface area is 157 Å². The van der Waals surface area contributed by atoms with E-state index in [0.29, 0.717) is 11.6 Å². The van der Waals surface area contributed by atoms with E-state index >= 15 is 0 Å². The van der Waals surface area contributed by atoms with Crippen LogP contribution in [0.2, 0.25) is 5.02 Å². The fraction of sp³-hybridized carbons (Fsp3) is 0.300. The van der Waals surface area contributed by atoms with Crippen molar-refractivity contribution in [2.75, 3.05) is 6.54 Å². The van der Waals surface area contributed by atoms with E-state index < -0.39 is 5.92 Å². The summed E-state index contributed by atoms with van der Waals surface area (Å²) in [5.41, 5.74) is 1.64. The van der Waals surface area contributed by atoms with Gasteiger partial charge in [-0.05, 0) is 41.3 Å². The Bertz CT molecular complexity index is 745. The van der Waals surface area contributed by atoms with Crippen molar-refractivity contribution in [1.82, 2.24) is 10.6 Å². The number of hydrogen-bond donors (Lipinski definition) is 2. The quantitative estimate of drug-likeness (QED) is 0.774. The van der Waals surface area contributed by atoms with Crippen LogP contribution in [0, 0.1) is 11.7 Å². The SMILES string of the molecule is CC(C)C(C(=O)NCC(=O)NCc1ccc(Cl)cc1)c1ccc(F)cc1. The lowest BCUT2D eigenvalue weighted by molar-refractivity contribution is -0.127. The number of amides is 2. The Morgan fingerprint density at radius 1 is 1.00 bits per heavy atom. The van der Waals surface area contributed by atoms with Gasteiger partial charge < -0.3 is 10.6 Å². The number of carbonyl (C=O) groups is 2. The van der Waals surface area contributed by atoms with Crippen molar-refractivity contribution in [3.63, 3.8) is 0 Å². The van der Waals surface area contributed by atoms with Crippen molar-refractivity contribution in [3.8, 4) is 0 Å². The third-order valence-corrected chi connectivity index (χ3v) is 4.26. The zero-order valence-electron chi connectivity index (χ0n) is 14.8. The first-order chi connectivity index (χ1) is 12.4. The zero-order valence-corrected chi connectivity index (χ0v) is 15.5. The lowest BCUT2D eigenvalue weighted by Gasteiger charge is -2.20. The Balaban J connectivity index is 1.87. The van der Waals surface area contributed by atoms with Gasteiger partial charge in [0.1, 0.15) is 5.82 Å². The maximum absolute atomic E-state index is 13.1. The summed E-state index contributed by atoms with van der Waals surface area (Å²) in [5.74, 6) is -1.32. The van der Waals surface area contributed by atoms with Crippen molar-refractivity contribution in [2.24, 2.45) is 5.92 Å². The molecule has 138 valence electrons. The smallest absolute Gasteiger partial charge is 0.239 e. The summed E-state index contributed by atoms with van der Waals surface area (Å²) in [6.07, 6.45) is 0. The molecule has 0 aliphatic rings. The summed E-state index contributed by atoms with van der Waals surface area (Å²) in [6, 6.07) is 13.0. The van der Waals surface area contributed by atoms with Crippen LogP contribution in [0.15, 0.2) is 48.5 Å². The summed E-state index contributed by atoms with van der Waals surface area (Å²) in [6.45, 7) is 4.07. The standard InChI is InChI=1S/C20H22ClFN2O2/c1-13(2)19(15-5-9-17(22)10-6-15)20(26)24-12-18(25)23-11-14-3-7-16(21)8-4-14/h3-10,13,19H,11-12H2,1-2H3,(H,23,25)(H,24,26). The van der Waals surface area contributed by atoms with Gasteiger partial charge in [-0.15, -0.1) is 0 Å². The van der Waals surface area contributed by atoms with Crippen molar-refractivity contribution >= 4 is 23.4 Å². The van der Waals surface area contributed by atoms with Crippen molar-refractivity contribution in [3.05, 3.63) is 70.5 Å². The molecule has 0 heterocycles. The molecule has 2 aromatic rings. The van der Waals surface area contributed by atoms with Gasteiger partial charge in [0.15, 0.2) is 0 Å². The maximum Gasteiger partial charge on any atom is 0.239 e. The molecular formula is C20H22ClFN2O2. The second kappa shape index (κ2) is 9.34. The molecular weight excluding hydrogens is 355 g/mol. The van der Waals surface area contributed by atoms with Crippen molar-refractivity contribution < 1.29 is 14.0 Å². The van der Waals surface area contributed by atoms with Gasteiger partial charge in [-0.3, -0.25) is 9.59 Å². The minimum absolute atomic E-state index is 0.0117. The number of carbonyl (C=O) groups excluding carboxylic acids is 2. The molecule has 4 nitrogen and oxygen atoms in total. The molecule has 0 aromatic heterocycles. The fourth-order valence-electron chi connectivity index (χ4n) is 2.65. The lowest BCUT2D eigenvalue weighted by Crippen LogP contribution is -2.39. The van der Waals surface area contributed by atoms with Crippen LogP contribution in [0.5, 0.6) is 0 Å². The maximum atomic E-state index is 13.1. The highest BCUT2D eigenvalue weighted by atomic mass is 35.5. The molecule has 2 rings (SSSR count). The second-order valence-corrected chi connectivity index (χ2v) is 6.83. The molecule has 0 spiro atoms. The Kier molecular flexibility index (Phi) is 7.16. The van der Waals surface area contributed by atoms with Crippen molar-refractivity contribution in [2.45, 2.75) is 26.3 Å². The third kappa shape index (κ3) is 5.85. The summed E-state index contributed by atoms with van der Waals surface area (Å²) < 4.78 is 13.1. The molecule has 1 unspecified atom stereocenters. The Morgan fingerprint density at radius 3 is 2.19 bits per heavy atom. The van der Waals surface area contributed by atoms with E-state index in [1.807, 2.05) is 26.0 Å². The van der Waals surface area contributed by atoms with E-state index in [0.717, 1.165) is 11.1 Å². The number of halogens is 2. The van der Waals surface area contributed by atoms with E-state index in [2.05, 4.69) is 10.6 Å². The molecule has 26 heavy (non-hydrogen) atoms. The van der Waals surface area contributed by atoms with E-state index in [-0.39, 0.29) is 30.1 Å². The summed E-state index contributed by atoms with van der Waals surface area (Å²) in [4.78, 5) is 24.4. The average Bonchev–Trinajstić information content (AvgIpc) is 2.61. The van der Waals surface area contributed by atoms with E-state index in [1.54, 1.807) is 24.3 Å². The molecule has 6 heteroatoms. The molecule has 0 fully saturated rings. The third-order valence-electron chi connectivity index (χ3n) is 4.00. The van der Waals surface area contributed by atoms with Gasteiger partial charge in [-0.25, -0.2) is 4.39 Å². The first kappa shape index (κ1) is 19.9. The zero-order chi connectivity index (χ0) is 19.1. The highest BCUT2D eigenvalue weighted by molar-refractivity contribution is 6.30. The minimum atomic E-state index is -0.445. The number of nitrogens with one attached hydrogen (secondary N) is 2. The van der Waals surface area contributed by atoms with Crippen LogP contribution < -0.4 is 10.6 Å². The molecule has 2 amide bonds. The number of benzene rings is 2. The van der Waals surface area contributed by atoms with Crippen LogP contribution in [0.25, 0.3) is 0 Å². The molecule has 0 bridgehead atoms. The highest BCUT2D eigenvalue weighted by Gasteiger charge is 2.24. The van der Waals surface area contributed by atoms with Crippen LogP contribution in [0.3, 0.4) is 0 Å². The lowest BCUT2D eigenvalue weighted by atomic mass is 9.87. The van der Waals surface area contributed by atoms with Crippen molar-refractivity contribution in [1.29, 1.82) is 0 Å². The molecule has 0 aliphatic carbocycles. The molecule has 0 saturated heterocycles. The van der Waals surface area contributed by atoms with Gasteiger partial charge in [0.25, 0.3) is 0 Å². The largest absolute Gasteiger partial charge is 0.350 e. The second-order valence-electron chi connectivity index (χ2n) is 6.39. The molecule has 0 radical (unpaired) electrons. The molecule has 2 aromatic carbocycles. The molecule has 1 atom stereocenters. The van der Waals surface area contributed by atoms with Gasteiger partial charge in [0.05, 0.1) is 12.5 Å². The van der Waals surface area contributed by atoms with Crippen LogP contribution in [0.4, 0.5) is 4.39 Å². The van der Waals surface area contributed by atoms with Gasteiger partial charge in [-0.2, -0.15) is 0 Å². The summed E-state index contributed by atoms with van der Waals surface area (Å²) in [7, 11) is 0. The first-order valence-electron chi connectivity index (χ1n) is 8.41. The van der Waals surface area contributed by atoms with Gasteiger partial charge in [-0.1, -0.05) is 49.7 Å². The van der Waals surface area contributed by atoms with E-state index in [4.69, 9.17) is 11.6 Å². The Morgan fingerprint density at radius 2 is 1.62 bits per heavy atom. The normalized spacial score (nSPS) is 11.9. The van der Waals surface area contributed by atoms with Crippen LogP contribution >= 0.6 is 11.6 Å². The monoisotopic (exact) mass is 376 g/mol. The molecule has 0 aliphatic heterocycles. The van der Waals surface area contributed by atoms with E-state index in [9.17, 15) is 14.0 Å². The molecule has 2 N–H and O–H groups in total. The van der Waals surface area contributed by atoms with Crippen LogP contribution in [-0.2, 0) is 16.1 Å². The minimum Gasteiger partial charge on any atom is -0.350 e. The van der Waals surface area contributed by atoms with Crippen LogP contribution in [-0.4, -0.2) is 18.4 Å². The highest BCUT2D eigenvalue weighted by Crippen LogP contribution is 2.24. The van der Waals surface area contributed by atoms with E-state index in [1.165, 1.54) is 12.1 Å². The van der Waals surface area contributed by atoms with Gasteiger partial charge in [0.2, 0.25) is 11.8 Å². The topological polar surface area (TPSA) is 58.2 Å². The molecule has 0 saturated carbocycles. The predicted octanol–water partition coefficient (Wildman–Crippen LogP) is 3.65. The summed E-state index contributed by atoms with van der Waals surface area (Å²) in [5, 5.41) is 6.03. The average molecular weight is 377 g/mol. The van der Waals surface area contributed by atoms with Gasteiger partial charge in [0, 0.05) is 11.6 Å². The fourth-order valence-corrected chi connectivity index (χ4v) is 2.78. The predicted molar refractivity (Wildman–Crippen MR) is 100 cm³/mol. The summed E-state index contributed by atoms with van der Waals surface area (Å²) >= 11 is 5.82. The first-order valence-corrected chi connectivity index (χ1v) is 8.79. The Hall–Kier alpha value is -2.40. The number of rotatable bonds is 7. The van der Waals surface area contributed by atoms with Gasteiger partial charge >= 0.3 is 0 Å². The van der Waals surface area contributed by atoms with Crippen LogP contribution in [0.1, 0.15) is 30.9 Å².